The third kappa shape index (κ3) is 5.55. The molecule has 4 N–H and O–H groups in total. The predicted molar refractivity (Wildman–Crippen MR) is 39.3 cm³/mol. The van der Waals surface area contributed by atoms with Crippen molar-refractivity contribution in [2.75, 3.05) is 6.54 Å². The second kappa shape index (κ2) is 6.39. The Labute approximate surface area is 80.6 Å². The van der Waals surface area contributed by atoms with Crippen LogP contribution in [0, 0.1) is 0 Å². The number of aliphatic hydroxyl groups excluding tert-OH is 1. The standard InChI is InChI=1S/C4H8N2O7S/c5-1-2(7)6-3(8)4(9)12-13-14(10)11/h3,8H,1,5H2,(H,6,7)(H,10,11)/p-1. The Balaban J connectivity index is 3.87. The normalized spacial score (nSPS) is 14.2. The fourth-order valence-corrected chi connectivity index (χ4v) is 0.500. The largest absolute Gasteiger partial charge is 0.747 e. The van der Waals surface area contributed by atoms with Crippen molar-refractivity contribution in [3.8, 4) is 0 Å². The highest BCUT2D eigenvalue weighted by atomic mass is 32.2. The van der Waals surface area contributed by atoms with E-state index in [2.05, 4.69) is 9.22 Å². The van der Waals surface area contributed by atoms with Gasteiger partial charge in [-0.1, -0.05) is 4.33 Å². The summed E-state index contributed by atoms with van der Waals surface area (Å²) in [5.41, 5.74) is 4.84. The van der Waals surface area contributed by atoms with E-state index in [-0.39, 0.29) is 0 Å². The molecule has 2 atom stereocenters. The van der Waals surface area contributed by atoms with Crippen molar-refractivity contribution in [2.45, 2.75) is 6.23 Å². The lowest BCUT2D eigenvalue weighted by molar-refractivity contribution is -0.222. The van der Waals surface area contributed by atoms with Crippen LogP contribution in [0.2, 0.25) is 0 Å². The van der Waals surface area contributed by atoms with Crippen molar-refractivity contribution in [1.82, 2.24) is 5.32 Å². The van der Waals surface area contributed by atoms with Gasteiger partial charge in [-0.05, 0) is 0 Å². The molecule has 14 heavy (non-hydrogen) atoms. The Morgan fingerprint density at radius 2 is 2.21 bits per heavy atom. The maximum atomic E-state index is 10.6. The Morgan fingerprint density at radius 1 is 1.64 bits per heavy atom. The van der Waals surface area contributed by atoms with Crippen molar-refractivity contribution in [1.29, 1.82) is 0 Å². The molecule has 0 aliphatic carbocycles. The van der Waals surface area contributed by atoms with Gasteiger partial charge in [0.2, 0.25) is 12.1 Å². The molecular weight excluding hydrogens is 220 g/mol. The number of carbonyl (C=O) groups is 2. The summed E-state index contributed by atoms with van der Waals surface area (Å²) in [4.78, 5) is 24.6. The highest BCUT2D eigenvalue weighted by Crippen LogP contribution is 1.88. The SMILES string of the molecule is NCC(=O)NC(O)C(=O)OOS(=O)[O-]. The maximum Gasteiger partial charge on any atom is 0.392 e. The van der Waals surface area contributed by atoms with Crippen LogP contribution >= 0.6 is 0 Å². The van der Waals surface area contributed by atoms with Gasteiger partial charge in [0.05, 0.1) is 6.54 Å². The van der Waals surface area contributed by atoms with E-state index in [4.69, 9.17) is 10.8 Å². The van der Waals surface area contributed by atoms with Crippen LogP contribution in [0.3, 0.4) is 0 Å². The molecule has 1 amide bonds. The van der Waals surface area contributed by atoms with Crippen LogP contribution in [0.15, 0.2) is 0 Å². The van der Waals surface area contributed by atoms with Gasteiger partial charge in [-0.15, -0.1) is 0 Å². The lowest BCUT2D eigenvalue weighted by atomic mass is 10.5. The zero-order chi connectivity index (χ0) is 11.1. The van der Waals surface area contributed by atoms with E-state index in [0.717, 1.165) is 0 Å². The minimum atomic E-state index is -3.06. The Hall–Kier alpha value is -1.07. The molecule has 0 bridgehead atoms. The second-order valence-electron chi connectivity index (χ2n) is 1.85. The number of nitrogens with one attached hydrogen (secondary N) is 1. The van der Waals surface area contributed by atoms with E-state index in [1.54, 1.807) is 5.32 Å². The minimum Gasteiger partial charge on any atom is -0.747 e. The average molecular weight is 227 g/mol. The van der Waals surface area contributed by atoms with Crippen molar-refractivity contribution in [2.24, 2.45) is 5.73 Å². The molecule has 0 spiro atoms. The van der Waals surface area contributed by atoms with Crippen LogP contribution in [0.1, 0.15) is 0 Å². The Bertz CT molecular complexity index is 244. The van der Waals surface area contributed by atoms with E-state index in [1.165, 1.54) is 0 Å². The topological polar surface area (TPSA) is 151 Å². The zero-order valence-electron chi connectivity index (χ0n) is 6.67. The summed E-state index contributed by atoms with van der Waals surface area (Å²) in [6.45, 7) is -0.446. The summed E-state index contributed by atoms with van der Waals surface area (Å²) in [7, 11) is 0. The Morgan fingerprint density at radius 3 is 2.64 bits per heavy atom. The first-order chi connectivity index (χ1) is 6.47. The van der Waals surface area contributed by atoms with Crippen molar-refractivity contribution >= 4 is 23.2 Å². The van der Waals surface area contributed by atoms with Gasteiger partial charge < -0.3 is 20.7 Å². The van der Waals surface area contributed by atoms with Crippen molar-refractivity contribution in [3.05, 3.63) is 0 Å². The molecule has 0 saturated carbocycles. The molecule has 2 unspecified atom stereocenters. The summed E-state index contributed by atoms with van der Waals surface area (Å²) in [6.07, 6.45) is -2.03. The van der Waals surface area contributed by atoms with E-state index < -0.39 is 36.0 Å². The van der Waals surface area contributed by atoms with E-state index in [9.17, 15) is 18.4 Å². The van der Waals surface area contributed by atoms with E-state index >= 15 is 0 Å². The first-order valence-corrected chi connectivity index (χ1v) is 4.13. The number of hydrogen-bond donors (Lipinski definition) is 3. The molecule has 10 heteroatoms. The smallest absolute Gasteiger partial charge is 0.392 e. The average Bonchev–Trinajstić information content (AvgIpc) is 2.13. The lowest BCUT2D eigenvalue weighted by Gasteiger charge is -2.10. The van der Waals surface area contributed by atoms with Crippen LogP contribution in [0.25, 0.3) is 0 Å². The molecule has 0 radical (unpaired) electrons. The number of nitrogens with two attached hydrogens (primary N) is 1. The molecule has 0 aromatic rings. The molecule has 9 nitrogen and oxygen atoms in total. The summed E-state index contributed by atoms with van der Waals surface area (Å²) >= 11 is -3.06. The molecule has 0 aromatic carbocycles. The fourth-order valence-electron chi connectivity index (χ4n) is 0.377. The highest BCUT2D eigenvalue weighted by Gasteiger charge is 2.19. The van der Waals surface area contributed by atoms with Crippen molar-refractivity contribution in [3.63, 3.8) is 0 Å². The molecule has 0 saturated heterocycles. The first-order valence-electron chi connectivity index (χ1n) is 3.13. The molecule has 0 fully saturated rings. The molecule has 0 aromatic heterocycles. The van der Waals surface area contributed by atoms with Crippen molar-refractivity contribution < 1.29 is 32.7 Å². The molecule has 0 aliphatic rings. The lowest BCUT2D eigenvalue weighted by Crippen LogP contribution is -2.44. The quantitative estimate of drug-likeness (QED) is 0.191. The number of aliphatic hydroxyl groups is 1. The van der Waals surface area contributed by atoms with Gasteiger partial charge in [-0.3, -0.25) is 9.68 Å². The van der Waals surface area contributed by atoms with Gasteiger partial charge in [0.1, 0.15) is 11.4 Å². The second-order valence-corrected chi connectivity index (χ2v) is 2.39. The third-order valence-electron chi connectivity index (χ3n) is 0.878. The van der Waals surface area contributed by atoms with Gasteiger partial charge in [-0.25, -0.2) is 9.00 Å². The van der Waals surface area contributed by atoms with Gasteiger partial charge in [-0.2, -0.15) is 0 Å². The van der Waals surface area contributed by atoms with E-state index in [0.29, 0.717) is 0 Å². The molecule has 0 heterocycles. The molecule has 82 valence electrons. The van der Waals surface area contributed by atoms with Gasteiger partial charge in [0.25, 0.3) is 0 Å². The maximum absolute atomic E-state index is 10.6. The molecule has 0 aliphatic heterocycles. The molecule has 0 rings (SSSR count). The highest BCUT2D eigenvalue weighted by molar-refractivity contribution is 7.73. The third-order valence-corrected chi connectivity index (χ3v) is 1.06. The van der Waals surface area contributed by atoms with Crippen LogP contribution in [0.4, 0.5) is 0 Å². The number of amides is 1. The predicted octanol–water partition coefficient (Wildman–Crippen LogP) is -3.35. The van der Waals surface area contributed by atoms with Crippen LogP contribution < -0.4 is 11.1 Å². The van der Waals surface area contributed by atoms with E-state index in [1.807, 2.05) is 0 Å². The van der Waals surface area contributed by atoms with Gasteiger partial charge in [0.15, 0.2) is 0 Å². The Kier molecular flexibility index (Phi) is 5.91. The fraction of sp³-hybridized carbons (Fsp3) is 0.500. The van der Waals surface area contributed by atoms with Crippen LogP contribution in [-0.4, -0.2) is 38.5 Å². The summed E-state index contributed by atoms with van der Waals surface area (Å²) in [5.74, 6) is -2.31. The number of hydrogen-bond acceptors (Lipinski definition) is 8. The summed E-state index contributed by atoms with van der Waals surface area (Å²) in [6, 6.07) is 0. The minimum absolute atomic E-state index is 0.446. The van der Waals surface area contributed by atoms with Crippen LogP contribution in [0.5, 0.6) is 0 Å². The summed E-state index contributed by atoms with van der Waals surface area (Å²) in [5, 5.41) is 10.5. The monoisotopic (exact) mass is 227 g/mol. The molecular formula is C4H7N2O7S-. The first kappa shape index (κ1) is 12.9. The number of rotatable bonds is 5. The van der Waals surface area contributed by atoms with Gasteiger partial charge in [0, 0.05) is 0 Å². The zero-order valence-corrected chi connectivity index (χ0v) is 7.48. The summed E-state index contributed by atoms with van der Waals surface area (Å²) < 4.78 is 22.8. The van der Waals surface area contributed by atoms with Crippen LogP contribution in [-0.2, 0) is 30.2 Å². The number of carbonyl (C=O) groups excluding carboxylic acids is 2. The van der Waals surface area contributed by atoms with Gasteiger partial charge >= 0.3 is 5.97 Å².